The Bertz CT molecular complexity index is 1160. The summed E-state index contributed by atoms with van der Waals surface area (Å²) >= 11 is 0. The molecule has 0 saturated heterocycles. The van der Waals surface area contributed by atoms with Crippen LogP contribution >= 0.6 is 0 Å². The number of nitrogens with two attached hydrogens (primary N) is 3. The van der Waals surface area contributed by atoms with Gasteiger partial charge in [0.1, 0.15) is 5.82 Å². The lowest BCUT2D eigenvalue weighted by molar-refractivity contribution is -0.383. The van der Waals surface area contributed by atoms with E-state index in [9.17, 15) is 10.1 Å². The van der Waals surface area contributed by atoms with Gasteiger partial charge in [0.25, 0.3) is 0 Å². The number of pyridine rings is 2. The van der Waals surface area contributed by atoms with Crippen molar-refractivity contribution in [3.63, 3.8) is 0 Å². The molecule has 30 heavy (non-hydrogen) atoms. The summed E-state index contributed by atoms with van der Waals surface area (Å²) in [6, 6.07) is 22.4. The van der Waals surface area contributed by atoms with E-state index in [1.54, 1.807) is 24.4 Å². The van der Waals surface area contributed by atoms with Crippen molar-refractivity contribution >= 4 is 23.0 Å². The minimum absolute atomic E-state index is 0. The zero-order valence-corrected chi connectivity index (χ0v) is 16.0. The van der Waals surface area contributed by atoms with Crippen LogP contribution < -0.4 is 17.2 Å². The number of aromatic nitrogens is 2. The molecule has 2 heterocycles. The summed E-state index contributed by atoms with van der Waals surface area (Å²) in [6.07, 6.45) is 3.12. The minimum atomic E-state index is -0.509. The van der Waals surface area contributed by atoms with Crippen LogP contribution in [0.5, 0.6) is 0 Å². The van der Waals surface area contributed by atoms with Crippen molar-refractivity contribution in [2.24, 2.45) is 0 Å². The lowest BCUT2D eigenvalue weighted by Gasteiger charge is -2.06. The van der Waals surface area contributed by atoms with Gasteiger partial charge in [-0.05, 0) is 23.3 Å². The fourth-order valence-electron chi connectivity index (χ4n) is 2.87. The van der Waals surface area contributed by atoms with E-state index in [2.05, 4.69) is 9.97 Å². The van der Waals surface area contributed by atoms with Gasteiger partial charge in [0.05, 0.1) is 16.2 Å². The molecule has 2 aromatic heterocycles. The molecular weight excluding hydrogens is 380 g/mol. The molecule has 4 rings (SSSR count). The third-order valence-electron chi connectivity index (χ3n) is 4.33. The average Bonchev–Trinajstić information content (AvgIpc) is 2.77. The number of anilines is 3. The molecule has 152 valence electrons. The molecule has 0 aliphatic heterocycles. The van der Waals surface area contributed by atoms with Crippen LogP contribution in [0, 0.1) is 10.1 Å². The lowest BCUT2D eigenvalue weighted by Crippen LogP contribution is -2.00. The molecule has 0 aliphatic carbocycles. The zero-order chi connectivity index (χ0) is 21.5. The van der Waals surface area contributed by atoms with Crippen LogP contribution in [0.3, 0.4) is 0 Å². The van der Waals surface area contributed by atoms with E-state index in [1.807, 2.05) is 54.6 Å². The predicted molar refractivity (Wildman–Crippen MR) is 121 cm³/mol. The molecule has 0 radical (unpaired) electrons. The molecule has 8 heteroatoms. The summed E-state index contributed by atoms with van der Waals surface area (Å²) in [6.45, 7) is 0. The quantitative estimate of drug-likeness (QED) is 0.340. The molecule has 0 unspecified atom stereocenters. The second kappa shape index (κ2) is 9.16. The van der Waals surface area contributed by atoms with Gasteiger partial charge in [0, 0.05) is 19.4 Å². The standard InChI is InChI=1S/C11H9N3O2.C11H11N3.H2/c12-11-10(14(15)16)9(6-7-13-11)8-4-2-1-3-5-8;12-10-9(6-7-14-11(10)13)8-4-2-1-3-5-8;/h1-7H,(H2,12,13);1-7H,12H2,(H2,13,14);1H. The summed E-state index contributed by atoms with van der Waals surface area (Å²) in [5.74, 6) is 0.317. The number of hydrogen-bond donors (Lipinski definition) is 3. The third-order valence-corrected chi connectivity index (χ3v) is 4.33. The van der Waals surface area contributed by atoms with Crippen LogP contribution in [0.1, 0.15) is 1.43 Å². The highest BCUT2D eigenvalue weighted by Gasteiger charge is 2.19. The molecule has 0 fully saturated rings. The topological polar surface area (TPSA) is 147 Å². The largest absolute Gasteiger partial charge is 0.395 e. The van der Waals surface area contributed by atoms with Gasteiger partial charge in [-0.2, -0.15) is 0 Å². The van der Waals surface area contributed by atoms with Crippen LogP contribution in [0.15, 0.2) is 85.2 Å². The molecule has 6 N–H and O–H groups in total. The molecule has 0 aliphatic rings. The van der Waals surface area contributed by atoms with Gasteiger partial charge in [-0.25, -0.2) is 9.97 Å². The Hall–Kier alpha value is -4.46. The highest BCUT2D eigenvalue weighted by molar-refractivity contribution is 5.82. The molecule has 0 bridgehead atoms. The third kappa shape index (κ3) is 4.50. The highest BCUT2D eigenvalue weighted by Crippen LogP contribution is 2.32. The van der Waals surface area contributed by atoms with Crippen LogP contribution in [-0.2, 0) is 0 Å². The summed E-state index contributed by atoms with van der Waals surface area (Å²) in [7, 11) is 0. The van der Waals surface area contributed by atoms with Gasteiger partial charge in [-0.3, -0.25) is 10.1 Å². The number of rotatable bonds is 3. The van der Waals surface area contributed by atoms with E-state index in [0.29, 0.717) is 17.1 Å². The SMILES string of the molecule is Nc1nccc(-c2ccccc2)c1N.Nc1nccc(-c2ccccc2)c1[N+](=O)[O-].[HH]. The number of hydrogen-bond acceptors (Lipinski definition) is 7. The predicted octanol–water partition coefficient (Wildman–Crippen LogP) is 4.40. The number of benzene rings is 2. The highest BCUT2D eigenvalue weighted by atomic mass is 16.6. The molecule has 0 saturated carbocycles. The maximum atomic E-state index is 10.9. The van der Waals surface area contributed by atoms with Crippen molar-refractivity contribution in [2.75, 3.05) is 17.2 Å². The Labute approximate surface area is 174 Å². The molecule has 4 aromatic rings. The summed E-state index contributed by atoms with van der Waals surface area (Å²) in [5, 5.41) is 10.9. The Kier molecular flexibility index (Phi) is 6.19. The van der Waals surface area contributed by atoms with Crippen molar-refractivity contribution in [3.8, 4) is 22.3 Å². The fraction of sp³-hybridized carbons (Fsp3) is 0. The summed E-state index contributed by atoms with van der Waals surface area (Å²) < 4.78 is 0. The average molecular weight is 402 g/mol. The van der Waals surface area contributed by atoms with Crippen molar-refractivity contribution in [3.05, 3.63) is 95.3 Å². The van der Waals surface area contributed by atoms with Gasteiger partial charge in [0.2, 0.25) is 5.82 Å². The maximum Gasteiger partial charge on any atom is 0.318 e. The van der Waals surface area contributed by atoms with Gasteiger partial charge in [-0.15, -0.1) is 0 Å². The van der Waals surface area contributed by atoms with E-state index in [-0.39, 0.29) is 12.9 Å². The molecule has 0 spiro atoms. The molecular formula is C22H22N6O2. The Morgan fingerprint density at radius 1 is 0.700 bits per heavy atom. The Balaban J connectivity index is 0.000000215. The monoisotopic (exact) mass is 402 g/mol. The summed E-state index contributed by atoms with van der Waals surface area (Å²) in [4.78, 5) is 18.0. The molecule has 0 atom stereocenters. The molecule has 2 aromatic carbocycles. The first kappa shape index (κ1) is 20.3. The van der Waals surface area contributed by atoms with E-state index in [4.69, 9.17) is 17.2 Å². The van der Waals surface area contributed by atoms with Crippen molar-refractivity contribution < 1.29 is 6.35 Å². The van der Waals surface area contributed by atoms with Crippen LogP contribution in [-0.4, -0.2) is 14.9 Å². The minimum Gasteiger partial charge on any atom is -0.395 e. The van der Waals surface area contributed by atoms with E-state index < -0.39 is 4.92 Å². The number of nitrogen functional groups attached to an aromatic ring is 3. The van der Waals surface area contributed by atoms with Crippen LogP contribution in [0.25, 0.3) is 22.3 Å². The van der Waals surface area contributed by atoms with Crippen LogP contribution in [0.2, 0.25) is 0 Å². The first-order chi connectivity index (χ1) is 14.5. The van der Waals surface area contributed by atoms with Gasteiger partial charge in [-0.1, -0.05) is 60.7 Å². The maximum absolute atomic E-state index is 10.9. The second-order valence-corrected chi connectivity index (χ2v) is 6.24. The number of nitrogens with zero attached hydrogens (tertiary/aromatic N) is 3. The first-order valence-corrected chi connectivity index (χ1v) is 8.98. The second-order valence-electron chi connectivity index (χ2n) is 6.24. The van der Waals surface area contributed by atoms with Gasteiger partial charge < -0.3 is 17.2 Å². The van der Waals surface area contributed by atoms with Crippen molar-refractivity contribution in [2.45, 2.75) is 0 Å². The van der Waals surface area contributed by atoms with Crippen molar-refractivity contribution in [1.29, 1.82) is 0 Å². The summed E-state index contributed by atoms with van der Waals surface area (Å²) in [5.41, 5.74) is 20.6. The van der Waals surface area contributed by atoms with Gasteiger partial charge in [0.15, 0.2) is 0 Å². The lowest BCUT2D eigenvalue weighted by atomic mass is 10.1. The number of nitro groups is 1. The van der Waals surface area contributed by atoms with E-state index in [1.165, 1.54) is 6.20 Å². The molecule has 0 amide bonds. The first-order valence-electron chi connectivity index (χ1n) is 8.98. The van der Waals surface area contributed by atoms with E-state index in [0.717, 1.165) is 16.7 Å². The van der Waals surface area contributed by atoms with Crippen molar-refractivity contribution in [1.82, 2.24) is 9.97 Å². The smallest absolute Gasteiger partial charge is 0.318 e. The normalized spacial score (nSPS) is 10.0. The van der Waals surface area contributed by atoms with Gasteiger partial charge >= 0.3 is 5.69 Å². The Morgan fingerprint density at radius 2 is 1.17 bits per heavy atom. The fourth-order valence-corrected chi connectivity index (χ4v) is 2.87. The van der Waals surface area contributed by atoms with E-state index >= 15 is 0 Å². The Morgan fingerprint density at radius 3 is 1.70 bits per heavy atom. The van der Waals surface area contributed by atoms with Crippen LogP contribution in [0.4, 0.5) is 23.0 Å². The molecule has 8 nitrogen and oxygen atoms in total. The zero-order valence-electron chi connectivity index (χ0n) is 16.0.